The van der Waals surface area contributed by atoms with Crippen LogP contribution in [0.1, 0.15) is 17.5 Å². The summed E-state index contributed by atoms with van der Waals surface area (Å²) in [6, 6.07) is 14.5. The molecule has 26 heavy (non-hydrogen) atoms. The lowest BCUT2D eigenvalue weighted by molar-refractivity contribution is -0.130. The lowest BCUT2D eigenvalue weighted by Gasteiger charge is -2.15. The Labute approximate surface area is 154 Å². The quantitative estimate of drug-likeness (QED) is 0.423. The first-order valence-corrected chi connectivity index (χ1v) is 8.48. The molecule has 0 saturated heterocycles. The van der Waals surface area contributed by atoms with E-state index in [1.165, 1.54) is 0 Å². The van der Waals surface area contributed by atoms with Gasteiger partial charge in [-0.05, 0) is 38.2 Å². The number of ether oxygens (including phenoxy) is 2. The molecule has 0 fully saturated rings. The maximum atomic E-state index is 11.8. The van der Waals surface area contributed by atoms with E-state index < -0.39 is 5.97 Å². The number of aliphatic carboxylic acids is 1. The van der Waals surface area contributed by atoms with Crippen molar-refractivity contribution in [2.75, 3.05) is 34.4 Å². The number of benzene rings is 2. The summed E-state index contributed by atoms with van der Waals surface area (Å²) in [6.07, 6.45) is 2.49. The Bertz CT molecular complexity index is 754. The molecule has 0 radical (unpaired) electrons. The molecule has 138 valence electrons. The molecular weight excluding hydrogens is 330 g/mol. The van der Waals surface area contributed by atoms with Crippen molar-refractivity contribution in [2.45, 2.75) is 6.42 Å². The second kappa shape index (κ2) is 9.63. The van der Waals surface area contributed by atoms with Gasteiger partial charge in [0.25, 0.3) is 0 Å². The standard InChI is InChI=1S/C21H25NO4/c1-22(2)13-8-14-26-20-17(11-7-12-19(20)25-3)15-18(21(23)24)16-9-5-4-6-10-16/h4-7,9-12,15H,8,13-14H2,1-3H3,(H,23,24)/b18-15-. The average molecular weight is 355 g/mol. The van der Waals surface area contributed by atoms with Gasteiger partial charge in [-0.15, -0.1) is 0 Å². The van der Waals surface area contributed by atoms with Crippen molar-refractivity contribution in [1.82, 2.24) is 4.90 Å². The first kappa shape index (κ1) is 19.5. The van der Waals surface area contributed by atoms with Crippen molar-refractivity contribution in [3.63, 3.8) is 0 Å². The Morgan fingerprint density at radius 1 is 1.12 bits per heavy atom. The molecule has 5 heteroatoms. The highest BCUT2D eigenvalue weighted by Crippen LogP contribution is 2.34. The number of hydrogen-bond donors (Lipinski definition) is 1. The van der Waals surface area contributed by atoms with Gasteiger partial charge in [0, 0.05) is 12.1 Å². The molecule has 0 aliphatic heterocycles. The maximum Gasteiger partial charge on any atom is 0.336 e. The molecule has 2 rings (SSSR count). The van der Waals surface area contributed by atoms with Gasteiger partial charge in [0.15, 0.2) is 11.5 Å². The van der Waals surface area contributed by atoms with Gasteiger partial charge in [0.2, 0.25) is 0 Å². The molecule has 0 atom stereocenters. The highest BCUT2D eigenvalue weighted by atomic mass is 16.5. The molecule has 0 aromatic heterocycles. The van der Waals surface area contributed by atoms with Crippen molar-refractivity contribution in [3.05, 3.63) is 59.7 Å². The SMILES string of the molecule is COc1cccc(/C=C(\C(=O)O)c2ccccc2)c1OCCCN(C)C. The minimum atomic E-state index is -0.988. The van der Waals surface area contributed by atoms with Crippen molar-refractivity contribution >= 4 is 17.6 Å². The molecule has 0 spiro atoms. The third-order valence-electron chi connectivity index (χ3n) is 3.84. The summed E-state index contributed by atoms with van der Waals surface area (Å²) in [5.41, 5.74) is 1.52. The van der Waals surface area contributed by atoms with E-state index in [1.54, 1.807) is 25.3 Å². The topological polar surface area (TPSA) is 59.0 Å². The maximum absolute atomic E-state index is 11.8. The van der Waals surface area contributed by atoms with Gasteiger partial charge in [-0.1, -0.05) is 42.5 Å². The second-order valence-electron chi connectivity index (χ2n) is 6.11. The largest absolute Gasteiger partial charge is 0.493 e. The van der Waals surface area contributed by atoms with Crippen LogP contribution in [-0.4, -0.2) is 50.3 Å². The molecule has 2 aromatic rings. The van der Waals surface area contributed by atoms with E-state index >= 15 is 0 Å². The third-order valence-corrected chi connectivity index (χ3v) is 3.84. The van der Waals surface area contributed by atoms with Crippen LogP contribution in [0.15, 0.2) is 48.5 Å². The molecule has 0 unspecified atom stereocenters. The summed E-state index contributed by atoms with van der Waals surface area (Å²) in [6.45, 7) is 1.43. The number of hydrogen-bond acceptors (Lipinski definition) is 4. The van der Waals surface area contributed by atoms with Crippen LogP contribution in [0.25, 0.3) is 11.6 Å². The summed E-state index contributed by atoms with van der Waals surface area (Å²) in [4.78, 5) is 13.8. The lowest BCUT2D eigenvalue weighted by Crippen LogP contribution is -2.15. The number of methoxy groups -OCH3 is 1. The number of carboxylic acid groups (broad SMARTS) is 1. The van der Waals surface area contributed by atoms with E-state index in [0.29, 0.717) is 29.2 Å². The first-order valence-electron chi connectivity index (χ1n) is 8.48. The third kappa shape index (κ3) is 5.36. The average Bonchev–Trinajstić information content (AvgIpc) is 2.63. The van der Waals surface area contributed by atoms with Crippen molar-refractivity contribution < 1.29 is 19.4 Å². The fourth-order valence-corrected chi connectivity index (χ4v) is 2.56. The molecule has 0 bridgehead atoms. The Morgan fingerprint density at radius 2 is 1.85 bits per heavy atom. The Hall–Kier alpha value is -2.79. The molecular formula is C21H25NO4. The summed E-state index contributed by atoms with van der Waals surface area (Å²) in [5, 5.41) is 9.63. The van der Waals surface area contributed by atoms with Gasteiger partial charge in [-0.3, -0.25) is 0 Å². The van der Waals surface area contributed by atoms with Gasteiger partial charge in [-0.25, -0.2) is 4.79 Å². The fourth-order valence-electron chi connectivity index (χ4n) is 2.56. The normalized spacial score (nSPS) is 11.5. The van der Waals surface area contributed by atoms with Crippen LogP contribution in [0.4, 0.5) is 0 Å². The number of para-hydroxylation sites is 1. The zero-order chi connectivity index (χ0) is 18.9. The molecule has 0 aliphatic carbocycles. The fraction of sp³-hybridized carbons (Fsp3) is 0.286. The second-order valence-corrected chi connectivity index (χ2v) is 6.11. The Balaban J connectivity index is 2.36. The van der Waals surface area contributed by atoms with Crippen LogP contribution in [0.5, 0.6) is 11.5 Å². The Kier molecular flexibility index (Phi) is 7.24. The van der Waals surface area contributed by atoms with Crippen molar-refractivity contribution in [1.29, 1.82) is 0 Å². The van der Waals surface area contributed by atoms with E-state index in [0.717, 1.165) is 13.0 Å². The van der Waals surface area contributed by atoms with Crippen LogP contribution in [0.3, 0.4) is 0 Å². The molecule has 0 heterocycles. The van der Waals surface area contributed by atoms with E-state index in [9.17, 15) is 9.90 Å². The van der Waals surface area contributed by atoms with E-state index in [4.69, 9.17) is 9.47 Å². The van der Waals surface area contributed by atoms with E-state index in [2.05, 4.69) is 4.90 Å². The van der Waals surface area contributed by atoms with Crippen LogP contribution in [-0.2, 0) is 4.79 Å². The monoisotopic (exact) mass is 355 g/mol. The number of rotatable bonds is 9. The molecule has 1 N–H and O–H groups in total. The van der Waals surface area contributed by atoms with Gasteiger partial charge >= 0.3 is 5.97 Å². The zero-order valence-corrected chi connectivity index (χ0v) is 15.4. The number of carboxylic acids is 1. The van der Waals surface area contributed by atoms with Crippen LogP contribution in [0.2, 0.25) is 0 Å². The van der Waals surface area contributed by atoms with Crippen molar-refractivity contribution in [2.24, 2.45) is 0 Å². The number of nitrogens with zero attached hydrogens (tertiary/aromatic N) is 1. The van der Waals surface area contributed by atoms with Crippen LogP contribution in [0, 0.1) is 0 Å². The summed E-state index contributed by atoms with van der Waals surface area (Å²) in [5.74, 6) is 0.155. The van der Waals surface area contributed by atoms with Crippen LogP contribution >= 0.6 is 0 Å². The first-order chi connectivity index (χ1) is 12.5. The van der Waals surface area contributed by atoms with Gasteiger partial charge < -0.3 is 19.5 Å². The van der Waals surface area contributed by atoms with Gasteiger partial charge in [-0.2, -0.15) is 0 Å². The van der Waals surface area contributed by atoms with E-state index in [-0.39, 0.29) is 5.57 Å². The molecule has 2 aromatic carbocycles. The van der Waals surface area contributed by atoms with Crippen molar-refractivity contribution in [3.8, 4) is 11.5 Å². The van der Waals surface area contributed by atoms with E-state index in [1.807, 2.05) is 50.5 Å². The van der Waals surface area contributed by atoms with Gasteiger partial charge in [0.05, 0.1) is 19.3 Å². The predicted octanol–water partition coefficient (Wildman–Crippen LogP) is 3.65. The minimum Gasteiger partial charge on any atom is -0.493 e. The molecule has 0 saturated carbocycles. The number of carbonyl (C=O) groups is 1. The molecule has 5 nitrogen and oxygen atoms in total. The minimum absolute atomic E-state index is 0.206. The smallest absolute Gasteiger partial charge is 0.336 e. The summed E-state index contributed by atoms with van der Waals surface area (Å²) < 4.78 is 11.3. The Morgan fingerprint density at radius 3 is 2.46 bits per heavy atom. The van der Waals surface area contributed by atoms with Crippen LogP contribution < -0.4 is 9.47 Å². The summed E-state index contributed by atoms with van der Waals surface area (Å²) in [7, 11) is 5.59. The highest BCUT2D eigenvalue weighted by molar-refractivity contribution is 6.20. The molecule has 0 amide bonds. The lowest BCUT2D eigenvalue weighted by atomic mass is 10.0. The predicted molar refractivity (Wildman–Crippen MR) is 104 cm³/mol. The highest BCUT2D eigenvalue weighted by Gasteiger charge is 2.14. The van der Waals surface area contributed by atoms with Gasteiger partial charge in [0.1, 0.15) is 0 Å². The summed E-state index contributed by atoms with van der Waals surface area (Å²) >= 11 is 0. The molecule has 0 aliphatic rings. The zero-order valence-electron chi connectivity index (χ0n) is 15.4.